The zero-order valence-electron chi connectivity index (χ0n) is 21.3. The zero-order chi connectivity index (χ0) is 25.5. The number of hydrogen-bond donors (Lipinski definition) is 2. The summed E-state index contributed by atoms with van der Waals surface area (Å²) in [6, 6.07) is 18.8. The zero-order valence-corrected chi connectivity index (χ0v) is 21.3. The number of anilines is 2. The number of aromatic hydroxyl groups is 1. The number of ether oxygens (including phenoxy) is 1. The van der Waals surface area contributed by atoms with E-state index in [4.69, 9.17) is 10.5 Å². The first-order valence-electron chi connectivity index (χ1n) is 13.2. The van der Waals surface area contributed by atoms with Gasteiger partial charge >= 0.3 is 0 Å². The van der Waals surface area contributed by atoms with Crippen molar-refractivity contribution in [3.05, 3.63) is 59.7 Å². The van der Waals surface area contributed by atoms with Crippen LogP contribution < -0.4 is 15.5 Å². The highest BCUT2D eigenvalue weighted by Crippen LogP contribution is 2.33. The van der Waals surface area contributed by atoms with Crippen LogP contribution in [0.3, 0.4) is 0 Å². The molecule has 3 aliphatic heterocycles. The molecule has 0 spiro atoms. The molecule has 2 aromatic carbocycles. The highest BCUT2D eigenvalue weighted by Gasteiger charge is 2.34. The lowest BCUT2D eigenvalue weighted by Gasteiger charge is -2.45. The second-order valence-corrected chi connectivity index (χ2v) is 10.8. The Labute approximate surface area is 217 Å². The smallest absolute Gasteiger partial charge is 0.211 e. The second kappa shape index (κ2) is 9.82. The van der Waals surface area contributed by atoms with Crippen LogP contribution >= 0.6 is 0 Å². The van der Waals surface area contributed by atoms with E-state index >= 15 is 0 Å². The molecule has 3 aliphatic rings. The third-order valence-corrected chi connectivity index (χ3v) is 7.98. The van der Waals surface area contributed by atoms with Crippen molar-refractivity contribution in [3.63, 3.8) is 0 Å². The summed E-state index contributed by atoms with van der Waals surface area (Å²) in [6.07, 6.45) is 1.26. The van der Waals surface area contributed by atoms with Gasteiger partial charge in [-0.25, -0.2) is 4.98 Å². The first kappa shape index (κ1) is 24.0. The lowest BCUT2D eigenvalue weighted by Crippen LogP contribution is -2.55. The molecule has 6 rings (SSSR count). The van der Waals surface area contributed by atoms with Crippen LogP contribution in [0.4, 0.5) is 11.4 Å². The third kappa shape index (κ3) is 4.82. The summed E-state index contributed by atoms with van der Waals surface area (Å²) in [5.41, 5.74) is 10.8. The van der Waals surface area contributed by atoms with Gasteiger partial charge in [-0.1, -0.05) is 12.1 Å². The Bertz CT molecular complexity index is 1320. The fourth-order valence-electron chi connectivity index (χ4n) is 6.10. The first-order chi connectivity index (χ1) is 18.0. The molecule has 3 atom stereocenters. The van der Waals surface area contributed by atoms with E-state index in [1.165, 1.54) is 11.3 Å². The molecule has 3 aromatic rings. The quantitative estimate of drug-likeness (QED) is 0.554. The van der Waals surface area contributed by atoms with Crippen LogP contribution in [0.15, 0.2) is 48.5 Å². The molecule has 3 saturated heterocycles. The summed E-state index contributed by atoms with van der Waals surface area (Å²) < 4.78 is 6.34. The van der Waals surface area contributed by atoms with Gasteiger partial charge in [0.25, 0.3) is 0 Å². The summed E-state index contributed by atoms with van der Waals surface area (Å²) in [7, 11) is 0. The number of pyridine rings is 1. The summed E-state index contributed by atoms with van der Waals surface area (Å²) >= 11 is 0. The minimum absolute atomic E-state index is 0.0726. The van der Waals surface area contributed by atoms with E-state index in [9.17, 15) is 10.4 Å². The molecule has 1 aromatic heterocycles. The third-order valence-electron chi connectivity index (χ3n) is 7.98. The average molecular weight is 499 g/mol. The predicted octanol–water partition coefficient (Wildman–Crippen LogP) is 3.04. The van der Waals surface area contributed by atoms with Gasteiger partial charge in [-0.05, 0) is 49.2 Å². The van der Waals surface area contributed by atoms with E-state index in [-0.39, 0.29) is 18.1 Å². The van der Waals surface area contributed by atoms with E-state index in [1.807, 2.05) is 12.1 Å². The van der Waals surface area contributed by atoms with Gasteiger partial charge in [-0.3, -0.25) is 4.90 Å². The Morgan fingerprint density at radius 3 is 2.57 bits per heavy atom. The molecule has 3 N–H and O–H groups in total. The summed E-state index contributed by atoms with van der Waals surface area (Å²) in [5, 5.41) is 20.3. The molecular formula is C29H34N6O2. The molecule has 0 bridgehead atoms. The number of nitrogens with two attached hydrogens (primary N) is 1. The fourth-order valence-corrected chi connectivity index (χ4v) is 6.10. The number of hydrogen-bond acceptors (Lipinski definition) is 8. The molecule has 0 amide bonds. The van der Waals surface area contributed by atoms with Crippen LogP contribution in [0.1, 0.15) is 30.4 Å². The normalized spacial score (nSPS) is 24.8. The number of benzene rings is 2. The molecule has 192 valence electrons. The van der Waals surface area contributed by atoms with Crippen molar-refractivity contribution in [1.29, 1.82) is 5.26 Å². The van der Waals surface area contributed by atoms with E-state index < -0.39 is 0 Å². The van der Waals surface area contributed by atoms with Crippen LogP contribution in [0, 0.1) is 11.3 Å². The summed E-state index contributed by atoms with van der Waals surface area (Å²) in [4.78, 5) is 11.4. The standard InChI is InChI=1S/C29H34N6O2/c1-19-13-35(27-8-4-21(12-30)29-26(27)7-9-28(36)32-29)18-25(37-19)17-33-14-22(15-33)20-2-5-24(6-3-20)34-11-10-23(31)16-34/h2-9,19,22-23,25H,10-11,13-18,31H2,1H3,(H,32,36). The van der Waals surface area contributed by atoms with Gasteiger partial charge < -0.3 is 25.4 Å². The van der Waals surface area contributed by atoms with Gasteiger partial charge in [-0.15, -0.1) is 0 Å². The molecule has 0 aliphatic carbocycles. The van der Waals surface area contributed by atoms with Crippen molar-refractivity contribution in [2.75, 3.05) is 55.6 Å². The number of fused-ring (bicyclic) bond motifs is 1. The number of nitrogens with zero attached hydrogens (tertiary/aromatic N) is 5. The average Bonchev–Trinajstić information content (AvgIpc) is 3.31. The number of morpholine rings is 1. The van der Waals surface area contributed by atoms with Crippen LogP contribution in [0.25, 0.3) is 10.9 Å². The molecule has 8 heteroatoms. The van der Waals surface area contributed by atoms with Crippen LogP contribution in [-0.2, 0) is 4.74 Å². The lowest BCUT2D eigenvalue weighted by atomic mass is 9.91. The predicted molar refractivity (Wildman–Crippen MR) is 145 cm³/mol. The van der Waals surface area contributed by atoms with Gasteiger partial charge in [-0.2, -0.15) is 5.26 Å². The van der Waals surface area contributed by atoms with Gasteiger partial charge in [0.2, 0.25) is 5.88 Å². The Hall–Kier alpha value is -3.38. The topological polar surface area (TPSA) is 102 Å². The highest BCUT2D eigenvalue weighted by atomic mass is 16.5. The minimum atomic E-state index is -0.0726. The number of aromatic nitrogens is 1. The van der Waals surface area contributed by atoms with Crippen molar-refractivity contribution < 1.29 is 9.84 Å². The van der Waals surface area contributed by atoms with Crippen molar-refractivity contribution in [2.24, 2.45) is 5.73 Å². The molecule has 0 saturated carbocycles. The fraction of sp³-hybridized carbons (Fsp3) is 0.448. The highest BCUT2D eigenvalue weighted by molar-refractivity contribution is 5.95. The maximum atomic E-state index is 9.88. The molecule has 4 heterocycles. The Kier molecular flexibility index (Phi) is 6.37. The maximum absolute atomic E-state index is 9.88. The second-order valence-electron chi connectivity index (χ2n) is 10.8. The van der Waals surface area contributed by atoms with Gasteiger partial charge in [0.1, 0.15) is 6.07 Å². The molecule has 0 radical (unpaired) electrons. The van der Waals surface area contributed by atoms with E-state index in [0.29, 0.717) is 23.0 Å². The monoisotopic (exact) mass is 498 g/mol. The molecule has 37 heavy (non-hydrogen) atoms. The first-order valence-corrected chi connectivity index (χ1v) is 13.2. The van der Waals surface area contributed by atoms with Crippen molar-refractivity contribution in [2.45, 2.75) is 37.5 Å². The Balaban J connectivity index is 1.09. The van der Waals surface area contributed by atoms with Crippen LogP contribution in [0.5, 0.6) is 5.88 Å². The van der Waals surface area contributed by atoms with Gasteiger partial charge in [0.15, 0.2) is 0 Å². The van der Waals surface area contributed by atoms with Gasteiger partial charge in [0, 0.05) is 80.6 Å². The Morgan fingerprint density at radius 1 is 1.03 bits per heavy atom. The van der Waals surface area contributed by atoms with Crippen molar-refractivity contribution in [1.82, 2.24) is 9.88 Å². The SMILES string of the molecule is CC1CN(c2ccc(C#N)c3nc(O)ccc23)CC(CN2CC(c3ccc(N4CCC(N)C4)cc3)C2)O1. The van der Waals surface area contributed by atoms with Gasteiger partial charge in [0.05, 0.1) is 23.3 Å². The number of likely N-dealkylation sites (tertiary alicyclic amines) is 1. The molecule has 3 fully saturated rings. The van der Waals surface area contributed by atoms with Crippen molar-refractivity contribution >= 4 is 22.3 Å². The molecular weight excluding hydrogens is 464 g/mol. The Morgan fingerprint density at radius 2 is 1.84 bits per heavy atom. The largest absolute Gasteiger partial charge is 0.493 e. The maximum Gasteiger partial charge on any atom is 0.211 e. The summed E-state index contributed by atoms with van der Waals surface area (Å²) in [6.45, 7) is 8.65. The number of rotatable bonds is 5. The van der Waals surface area contributed by atoms with E-state index in [1.54, 1.807) is 12.1 Å². The van der Waals surface area contributed by atoms with Crippen molar-refractivity contribution in [3.8, 4) is 11.9 Å². The van der Waals surface area contributed by atoms with E-state index in [0.717, 1.165) is 63.3 Å². The summed E-state index contributed by atoms with van der Waals surface area (Å²) in [5.74, 6) is 0.491. The van der Waals surface area contributed by atoms with Crippen LogP contribution in [0.2, 0.25) is 0 Å². The number of nitriles is 1. The minimum Gasteiger partial charge on any atom is -0.493 e. The van der Waals surface area contributed by atoms with E-state index in [2.05, 4.69) is 56.9 Å². The molecule has 8 nitrogen and oxygen atoms in total. The lowest BCUT2D eigenvalue weighted by molar-refractivity contribution is -0.0434. The molecule has 3 unspecified atom stereocenters. The van der Waals surface area contributed by atoms with Crippen LogP contribution in [-0.4, -0.2) is 79.1 Å².